The number of phenols is 1. The number of nitrogens with zero attached hydrogens (tertiary/aromatic N) is 5. The van der Waals surface area contributed by atoms with Crippen LogP contribution in [-0.2, 0) is 39.9 Å². The molecule has 0 bridgehead atoms. The van der Waals surface area contributed by atoms with Gasteiger partial charge in [0.15, 0.2) is 11.5 Å². The third-order valence-electron chi connectivity index (χ3n) is 16.3. The number of phenolic OH excluding ortho intramolecular Hbond substituents is 1. The van der Waals surface area contributed by atoms with E-state index in [4.69, 9.17) is 9.47 Å². The minimum Gasteiger partial charge on any atom is -0.656 e. The van der Waals surface area contributed by atoms with Crippen molar-refractivity contribution >= 4 is 63.8 Å². The van der Waals surface area contributed by atoms with Crippen LogP contribution >= 0.6 is 22.5 Å². The number of benzene rings is 3. The quantitative estimate of drug-likeness (QED) is 0.0340. The van der Waals surface area contributed by atoms with E-state index in [1.807, 2.05) is 24.3 Å². The molecule has 7 amide bonds. The van der Waals surface area contributed by atoms with Crippen molar-refractivity contribution in [3.8, 4) is 38.4 Å². The molecule has 17 N–H and O–H groups in total. The number of aromatic nitrogens is 2. The Labute approximate surface area is 594 Å². The summed E-state index contributed by atoms with van der Waals surface area (Å²) < 4.78 is 44.4. The monoisotopic (exact) mass is 1600 g/mol. The minimum atomic E-state index is -4.75. The van der Waals surface area contributed by atoms with Crippen molar-refractivity contribution in [2.75, 3.05) is 59.7 Å². The van der Waals surface area contributed by atoms with Crippen LogP contribution in [0, 0.1) is 50.0 Å². The topological polar surface area (TPSA) is 496 Å². The number of nitrogens with one attached hydrogen (secondary N) is 5. The van der Waals surface area contributed by atoms with Gasteiger partial charge in [-0.2, -0.15) is 0 Å². The fourth-order valence-electron chi connectivity index (χ4n) is 11.1. The van der Waals surface area contributed by atoms with E-state index in [0.29, 0.717) is 27.9 Å². The van der Waals surface area contributed by atoms with Crippen molar-refractivity contribution < 1.29 is 151 Å². The second-order valence-corrected chi connectivity index (χ2v) is 25.8. The normalized spacial score (nSPS) is 24.4. The number of fused-ring (bicyclic) bond motifs is 2. The number of carbonyl (C=O) groups is 7. The van der Waals surface area contributed by atoms with Crippen LogP contribution in [-0.4, -0.2) is 260 Å². The summed E-state index contributed by atoms with van der Waals surface area (Å²) in [5.74, 6) is -9.87. The zero-order valence-electron chi connectivity index (χ0n) is 53.0. The van der Waals surface area contributed by atoms with Gasteiger partial charge in [-0.15, -0.1) is 16.7 Å². The SMILES string of the molecule is COCCCCCCCOc1ccc(-c2nnc(-c3ccc(C(=O)N[C@H]4C[C@@H](O)CNC(=O)[C@@H]5[C@@H](O)[C@@H](C)CN5C(=O)[C@H]([C@H](O)CC[N-]C(CO)CO)NC(=O)[C@H]([C@H](O)Cc5ccc(O)c(OS(O)(O)O)c5)NC(=O)[C@@H]5C[C@@H](O)CN5C(=O)[C@H]([C@@H](C)O)NC4=O)cc3)s2)cc1.[Ac]. The number of methoxy groups -OCH3 is 1. The predicted octanol–water partition coefficient (Wildman–Crippen LogP) is -0.864. The van der Waals surface area contributed by atoms with Gasteiger partial charge >= 0.3 is 0 Å². The van der Waals surface area contributed by atoms with Crippen LogP contribution in [0.4, 0.5) is 0 Å². The van der Waals surface area contributed by atoms with E-state index in [9.17, 15) is 93.2 Å². The molecule has 0 spiro atoms. The van der Waals surface area contributed by atoms with E-state index in [-0.39, 0.29) is 61.7 Å². The molecule has 0 saturated carbocycles. The Kier molecular flexibility index (Phi) is 30.8. The van der Waals surface area contributed by atoms with E-state index >= 15 is 0 Å². The van der Waals surface area contributed by atoms with Crippen molar-refractivity contribution in [2.24, 2.45) is 5.92 Å². The van der Waals surface area contributed by atoms with Crippen molar-refractivity contribution in [1.29, 1.82) is 0 Å². The number of β-amino-alcohol motifs (C(OH)–C–C–N with tert-alkyl or cyclic N) is 1. The molecule has 96 heavy (non-hydrogen) atoms. The molecular formula is C61H85AcN10O22S2-. The number of carbonyl (C=O) groups excluding carboxylic acids is 7. The first-order valence-corrected chi connectivity index (χ1v) is 33.2. The van der Waals surface area contributed by atoms with Crippen LogP contribution in [0.1, 0.15) is 81.1 Å². The second-order valence-electron chi connectivity index (χ2n) is 23.7. The molecule has 1 aromatic heterocycles. The molecule has 35 heteroatoms. The predicted molar refractivity (Wildman–Crippen MR) is 341 cm³/mol. The summed E-state index contributed by atoms with van der Waals surface area (Å²) in [7, 11) is 1.69. The molecule has 32 nitrogen and oxygen atoms in total. The Morgan fingerprint density at radius 1 is 0.740 bits per heavy atom. The number of ether oxygens (including phenoxy) is 2. The Morgan fingerprint density at radius 2 is 1.34 bits per heavy atom. The van der Waals surface area contributed by atoms with E-state index < -0.39 is 207 Å². The Morgan fingerprint density at radius 3 is 1.97 bits per heavy atom. The van der Waals surface area contributed by atoms with Crippen molar-refractivity contribution in [3.63, 3.8) is 0 Å². The van der Waals surface area contributed by atoms with E-state index in [2.05, 4.69) is 46.3 Å². The number of rotatable bonds is 26. The Balaban J connectivity index is 0.0000146. The van der Waals surface area contributed by atoms with Gasteiger partial charge in [0, 0.05) is 132 Å². The van der Waals surface area contributed by atoms with Crippen molar-refractivity contribution in [3.05, 3.63) is 83.2 Å². The first kappa shape index (κ1) is 79.2. The zero-order valence-corrected chi connectivity index (χ0v) is 59.4. The van der Waals surface area contributed by atoms with Crippen molar-refractivity contribution in [2.45, 2.75) is 151 Å². The zero-order chi connectivity index (χ0) is 69.3. The summed E-state index contributed by atoms with van der Waals surface area (Å²) >= 11 is -3.46. The van der Waals surface area contributed by atoms with E-state index in [1.165, 1.54) is 30.4 Å². The summed E-state index contributed by atoms with van der Waals surface area (Å²) in [6.07, 6.45) is -8.02. The standard InChI is InChI=1S/C61H85N10O22S2.Ac/c1-32-28-71-51(52(32)80)57(85)63-27-39(75)25-42(64-53(81)35-10-12-36(13-11-35)58-68-69-59(94-58)37-14-16-41(17-15-37)92-22-8-6-4-5-7-21-91-3)54(82)65-48(33(2)74)60(86)70-29-40(76)26-43(70)55(83)66-49(46(79)23-34-9-18-44(77)47(24-34)93-95(88,89)90)56(84)67-50(61(71)87)45(78)19-20-62-38(30-72)31-73;/h9-18,24,32-33,38-40,42-43,45-46,48-52,72-80,88-90H,4-8,19-23,25-31H2,1-3H3,(H,63,85)(H,64,81)(H,65,82)(H,66,83)(H,67,84);/q-1;/t32-,33+,39+,40+,42-,43-,45+,46+,48-,49-,50-,51-,52-;/m0./s1. The number of hydrogen-bond acceptors (Lipinski definition) is 25. The second kappa shape index (κ2) is 37.4. The molecule has 0 aliphatic carbocycles. The molecule has 527 valence electrons. The summed E-state index contributed by atoms with van der Waals surface area (Å²) in [5.41, 5.74) is 1.28. The third-order valence-corrected chi connectivity index (χ3v) is 17.8. The number of aliphatic hydroxyl groups is 8. The van der Waals surface area contributed by atoms with Crippen LogP contribution in [0.25, 0.3) is 26.5 Å². The first-order valence-electron chi connectivity index (χ1n) is 31.0. The maximum Gasteiger partial charge on any atom is 0.266 e. The average molecular weight is 1600 g/mol. The van der Waals surface area contributed by atoms with E-state index in [0.717, 1.165) is 79.2 Å². The third kappa shape index (κ3) is 22.1. The van der Waals surface area contributed by atoms with Gasteiger partial charge in [-0.25, -0.2) is 0 Å². The summed E-state index contributed by atoms with van der Waals surface area (Å²) in [5, 5.41) is 125. The van der Waals surface area contributed by atoms with Gasteiger partial charge in [-0.05, 0) is 80.3 Å². The summed E-state index contributed by atoms with van der Waals surface area (Å²) in [4.78, 5) is 104. The number of amides is 7. The number of hydrogen-bond donors (Lipinski definition) is 17. The molecule has 0 unspecified atom stereocenters. The molecular weight excluding hydrogens is 1520 g/mol. The molecule has 3 aliphatic rings. The first-order chi connectivity index (χ1) is 45.2. The molecule has 3 aromatic carbocycles. The van der Waals surface area contributed by atoms with Crippen LogP contribution in [0.15, 0.2) is 66.7 Å². The molecule has 7 rings (SSSR count). The maximum atomic E-state index is 14.9. The number of aliphatic hydroxyl groups excluding tert-OH is 8. The fourth-order valence-corrected chi connectivity index (χ4v) is 12.3. The molecule has 1 radical (unpaired) electrons. The van der Waals surface area contributed by atoms with Crippen LogP contribution < -0.4 is 35.5 Å². The average Bonchev–Trinajstić information content (AvgIpc) is 1.62. The minimum absolute atomic E-state index is 0. The number of aromatic hydroxyl groups is 1. The molecule has 4 heterocycles. The van der Waals surface area contributed by atoms with Gasteiger partial charge < -0.3 is 101 Å². The maximum absolute atomic E-state index is 14.9. The molecule has 3 saturated heterocycles. The van der Waals surface area contributed by atoms with Crippen molar-refractivity contribution in [1.82, 2.24) is 46.6 Å². The van der Waals surface area contributed by atoms with Crippen LogP contribution in [0.3, 0.4) is 0 Å². The van der Waals surface area contributed by atoms with Gasteiger partial charge in [0.1, 0.15) is 52.0 Å². The Hall–Kier alpha value is -5.82. The summed E-state index contributed by atoms with van der Waals surface area (Å²) in [6.45, 7) is 0.577. The van der Waals surface area contributed by atoms with Crippen LogP contribution in [0.5, 0.6) is 17.2 Å². The largest absolute Gasteiger partial charge is 0.656 e. The number of unbranched alkanes of at least 4 members (excludes halogenated alkanes) is 4. The van der Waals surface area contributed by atoms with Gasteiger partial charge in [0.05, 0.1) is 43.2 Å². The van der Waals surface area contributed by atoms with Gasteiger partial charge in [0.25, 0.3) is 17.1 Å². The smallest absolute Gasteiger partial charge is 0.266 e. The fraction of sp³-hybridized carbons (Fsp3) is 0.557. The van der Waals surface area contributed by atoms with Gasteiger partial charge in [-0.3, -0.25) is 47.2 Å². The van der Waals surface area contributed by atoms with Crippen LogP contribution in [0.2, 0.25) is 0 Å². The Bertz CT molecular complexity index is 3220. The molecule has 3 aliphatic heterocycles. The molecule has 3 fully saturated rings. The van der Waals surface area contributed by atoms with Gasteiger partial charge in [0.2, 0.25) is 35.4 Å². The summed E-state index contributed by atoms with van der Waals surface area (Å²) in [6, 6.07) is 3.74. The molecule has 4 aromatic rings. The van der Waals surface area contributed by atoms with Gasteiger partial charge in [-0.1, -0.05) is 61.8 Å². The molecule has 13 atom stereocenters. The van der Waals surface area contributed by atoms with E-state index in [1.54, 1.807) is 19.2 Å².